The van der Waals surface area contributed by atoms with Gasteiger partial charge in [0.2, 0.25) is 0 Å². The highest BCUT2D eigenvalue weighted by atomic mass is 16.5. The summed E-state index contributed by atoms with van der Waals surface area (Å²) in [7, 11) is 4.92. The van der Waals surface area contributed by atoms with Crippen LogP contribution in [0.5, 0.6) is 11.5 Å². The lowest BCUT2D eigenvalue weighted by molar-refractivity contribution is 0.355. The maximum atomic E-state index is 5.27. The number of hydrogen-bond acceptors (Lipinski definition) is 4. The molecule has 0 radical (unpaired) electrons. The molecular formula is C14H19N5O2. The van der Waals surface area contributed by atoms with Gasteiger partial charge in [-0.05, 0) is 18.2 Å². The number of H-pyrrole nitrogens is 1. The van der Waals surface area contributed by atoms with Crippen molar-refractivity contribution in [3.05, 3.63) is 36.2 Å². The molecular weight excluding hydrogens is 270 g/mol. The summed E-state index contributed by atoms with van der Waals surface area (Å²) >= 11 is 0. The first-order valence-corrected chi connectivity index (χ1v) is 6.44. The summed E-state index contributed by atoms with van der Waals surface area (Å²) in [6, 6.07) is 7.48. The van der Waals surface area contributed by atoms with Crippen molar-refractivity contribution in [2.24, 2.45) is 4.99 Å². The molecule has 0 saturated heterocycles. The van der Waals surface area contributed by atoms with Gasteiger partial charge in [-0.3, -0.25) is 10.1 Å². The van der Waals surface area contributed by atoms with Gasteiger partial charge in [0.1, 0.15) is 0 Å². The van der Waals surface area contributed by atoms with Crippen LogP contribution in [0.25, 0.3) is 0 Å². The maximum Gasteiger partial charge on any atom is 0.195 e. The van der Waals surface area contributed by atoms with E-state index in [1.165, 1.54) is 0 Å². The molecule has 1 heterocycles. The first kappa shape index (κ1) is 14.7. The minimum Gasteiger partial charge on any atom is -0.493 e. The highest BCUT2D eigenvalue weighted by Gasteiger charge is 2.06. The van der Waals surface area contributed by atoms with Crippen molar-refractivity contribution in [1.29, 1.82) is 0 Å². The molecule has 1 aromatic heterocycles. The van der Waals surface area contributed by atoms with Crippen molar-refractivity contribution in [2.45, 2.75) is 6.54 Å². The van der Waals surface area contributed by atoms with Crippen molar-refractivity contribution in [3.8, 4) is 11.5 Å². The highest BCUT2D eigenvalue weighted by molar-refractivity contribution is 5.93. The van der Waals surface area contributed by atoms with Crippen LogP contribution in [-0.4, -0.2) is 37.4 Å². The molecule has 0 aliphatic heterocycles. The van der Waals surface area contributed by atoms with E-state index in [4.69, 9.17) is 9.47 Å². The third-order valence-electron chi connectivity index (χ3n) is 2.87. The Morgan fingerprint density at radius 2 is 2.05 bits per heavy atom. The SMILES string of the molecule is CN=C(NCc1ccn[nH]1)Nc1ccc(OC)c(OC)c1. The molecule has 112 valence electrons. The first-order chi connectivity index (χ1) is 10.3. The number of aromatic amines is 1. The van der Waals surface area contributed by atoms with Crippen LogP contribution in [0.1, 0.15) is 5.69 Å². The monoisotopic (exact) mass is 289 g/mol. The summed E-state index contributed by atoms with van der Waals surface area (Å²) in [4.78, 5) is 4.17. The van der Waals surface area contributed by atoms with E-state index in [0.717, 1.165) is 11.4 Å². The molecule has 1 aromatic carbocycles. The summed E-state index contributed by atoms with van der Waals surface area (Å²) in [6.07, 6.45) is 1.71. The number of ether oxygens (including phenoxy) is 2. The van der Waals surface area contributed by atoms with Crippen LogP contribution in [0.15, 0.2) is 35.5 Å². The fraction of sp³-hybridized carbons (Fsp3) is 0.286. The molecule has 0 amide bonds. The van der Waals surface area contributed by atoms with Gasteiger partial charge in [-0.2, -0.15) is 5.10 Å². The standard InChI is InChI=1S/C14H19N5O2/c1-15-14(16-9-11-6-7-17-19-11)18-10-4-5-12(20-2)13(8-10)21-3/h4-8H,9H2,1-3H3,(H,17,19)(H2,15,16,18). The van der Waals surface area contributed by atoms with Crippen LogP contribution in [0.3, 0.4) is 0 Å². The number of aliphatic imine (C=N–C) groups is 1. The molecule has 0 aliphatic carbocycles. The van der Waals surface area contributed by atoms with Crippen LogP contribution >= 0.6 is 0 Å². The van der Waals surface area contributed by atoms with Gasteiger partial charge in [-0.15, -0.1) is 0 Å². The van der Waals surface area contributed by atoms with E-state index >= 15 is 0 Å². The lowest BCUT2D eigenvalue weighted by atomic mass is 10.3. The summed E-state index contributed by atoms with van der Waals surface area (Å²) in [5.41, 5.74) is 1.83. The number of rotatable bonds is 5. The minimum absolute atomic E-state index is 0.604. The number of guanidine groups is 1. The van der Waals surface area contributed by atoms with Crippen molar-refractivity contribution in [2.75, 3.05) is 26.6 Å². The van der Waals surface area contributed by atoms with Gasteiger partial charge >= 0.3 is 0 Å². The Morgan fingerprint density at radius 1 is 1.24 bits per heavy atom. The number of hydrogen-bond donors (Lipinski definition) is 3. The van der Waals surface area contributed by atoms with E-state index in [2.05, 4.69) is 25.8 Å². The summed E-state index contributed by atoms with van der Waals surface area (Å²) in [5, 5.41) is 13.1. The summed E-state index contributed by atoms with van der Waals surface area (Å²) in [6.45, 7) is 0.604. The average Bonchev–Trinajstić information content (AvgIpc) is 3.04. The highest BCUT2D eigenvalue weighted by Crippen LogP contribution is 2.29. The molecule has 7 heteroatoms. The van der Waals surface area contributed by atoms with Crippen molar-refractivity contribution in [1.82, 2.24) is 15.5 Å². The molecule has 0 unspecified atom stereocenters. The fourth-order valence-electron chi connectivity index (χ4n) is 1.79. The van der Waals surface area contributed by atoms with Gasteiger partial charge in [-0.1, -0.05) is 0 Å². The van der Waals surface area contributed by atoms with Crippen LogP contribution in [-0.2, 0) is 6.54 Å². The lowest BCUT2D eigenvalue weighted by Crippen LogP contribution is -2.30. The fourth-order valence-corrected chi connectivity index (χ4v) is 1.79. The van der Waals surface area contributed by atoms with Gasteiger partial charge in [0.15, 0.2) is 17.5 Å². The molecule has 0 fully saturated rings. The lowest BCUT2D eigenvalue weighted by Gasteiger charge is -2.13. The largest absolute Gasteiger partial charge is 0.493 e. The third-order valence-corrected chi connectivity index (χ3v) is 2.87. The smallest absolute Gasteiger partial charge is 0.195 e. The van der Waals surface area contributed by atoms with Crippen molar-refractivity contribution < 1.29 is 9.47 Å². The Morgan fingerprint density at radius 3 is 2.67 bits per heavy atom. The molecule has 0 bridgehead atoms. The Bertz CT molecular complexity index is 595. The predicted molar refractivity (Wildman–Crippen MR) is 82.0 cm³/mol. The van der Waals surface area contributed by atoms with E-state index in [1.807, 2.05) is 24.3 Å². The Kier molecular flexibility index (Phi) is 5.03. The average molecular weight is 289 g/mol. The second-order valence-corrected chi connectivity index (χ2v) is 4.20. The molecule has 0 atom stereocenters. The van der Waals surface area contributed by atoms with E-state index in [-0.39, 0.29) is 0 Å². The second kappa shape index (κ2) is 7.18. The number of anilines is 1. The number of nitrogens with one attached hydrogen (secondary N) is 3. The normalized spacial score (nSPS) is 11.1. The van der Waals surface area contributed by atoms with Gasteiger partial charge in [-0.25, -0.2) is 0 Å². The third kappa shape index (κ3) is 3.88. The topological polar surface area (TPSA) is 83.6 Å². The molecule has 0 saturated carbocycles. The van der Waals surface area contributed by atoms with Gasteiger partial charge in [0.05, 0.1) is 26.5 Å². The molecule has 21 heavy (non-hydrogen) atoms. The molecule has 0 spiro atoms. The van der Waals surface area contributed by atoms with Crippen LogP contribution in [0.2, 0.25) is 0 Å². The van der Waals surface area contributed by atoms with Gasteiger partial charge < -0.3 is 20.1 Å². The first-order valence-electron chi connectivity index (χ1n) is 6.44. The number of nitrogens with zero attached hydrogens (tertiary/aromatic N) is 2. The number of aromatic nitrogens is 2. The molecule has 2 aromatic rings. The molecule has 2 rings (SSSR count). The predicted octanol–water partition coefficient (Wildman–Crippen LogP) is 1.61. The molecule has 3 N–H and O–H groups in total. The second-order valence-electron chi connectivity index (χ2n) is 4.20. The van der Waals surface area contributed by atoms with Crippen molar-refractivity contribution >= 4 is 11.6 Å². The number of methoxy groups -OCH3 is 2. The Hall–Kier alpha value is -2.70. The quantitative estimate of drug-likeness (QED) is 0.575. The van der Waals surface area contributed by atoms with Crippen LogP contribution in [0.4, 0.5) is 5.69 Å². The zero-order chi connectivity index (χ0) is 15.1. The van der Waals surface area contributed by atoms with E-state index in [1.54, 1.807) is 27.5 Å². The minimum atomic E-state index is 0.604. The summed E-state index contributed by atoms with van der Waals surface area (Å²) < 4.78 is 10.5. The van der Waals surface area contributed by atoms with Crippen LogP contribution in [0, 0.1) is 0 Å². The van der Waals surface area contributed by atoms with Crippen molar-refractivity contribution in [3.63, 3.8) is 0 Å². The number of benzene rings is 1. The Balaban J connectivity index is 2.01. The molecule has 7 nitrogen and oxygen atoms in total. The summed E-state index contributed by atoms with van der Waals surface area (Å²) in [5.74, 6) is 1.99. The van der Waals surface area contributed by atoms with Crippen LogP contribution < -0.4 is 20.1 Å². The van der Waals surface area contributed by atoms with E-state index in [0.29, 0.717) is 24.0 Å². The zero-order valence-electron chi connectivity index (χ0n) is 12.3. The van der Waals surface area contributed by atoms with E-state index in [9.17, 15) is 0 Å². The van der Waals surface area contributed by atoms with E-state index < -0.39 is 0 Å². The molecule has 0 aliphatic rings. The Labute approximate surface area is 123 Å². The van der Waals surface area contributed by atoms with Gasteiger partial charge in [0.25, 0.3) is 0 Å². The van der Waals surface area contributed by atoms with Gasteiger partial charge in [0, 0.05) is 25.0 Å². The zero-order valence-corrected chi connectivity index (χ0v) is 12.3. The maximum absolute atomic E-state index is 5.27.